The third kappa shape index (κ3) is 20.4. The number of fused-ring (bicyclic) bond motifs is 8. The topological polar surface area (TPSA) is 80.9 Å². The molecule has 0 bridgehead atoms. The standard InChI is InChI=1S/C48H32.C32H21Br.C22H14Br2.C16H13BO2.C10H9BO2/c1-3-13-37(14-4-1)45-29-43(36-21-19-35(20-22-36)41-25-23-33-11-7-9-17-39(33)27-41)31-47-46(38-15-5-2-6-16-38)30-44(32-48(45)47)42-26-24-34-12-8-10-18-40(34)28-42;33-28-20-30(24-12-5-2-6-13-24)31-19-27(26-16-15-22-9-7-8-14-25(22)17-26)18-29(32(31)21-28)23-10-3-1-4-11-23;23-17-11-19(15-7-3-1-4-8-15)21-13-18(24)12-20(22(21)14-17)16-9-5-2-6-10-16;18-17(19)16-9-7-13(8-10-16)15-6-5-12-3-1-2-4-14(12)11-15;12-11(13)10-6-5-8-3-1-2-4-9(8)7-10/h1-32H;1-21H;1-14H;1-11,18-19H;1-7,12-13H. The van der Waals surface area contributed by atoms with Crippen LogP contribution in [0.3, 0.4) is 0 Å². The molecule has 0 amide bonds. The molecule has 0 aliphatic carbocycles. The average molecular weight is 1950 g/mol. The van der Waals surface area contributed by atoms with Crippen LogP contribution in [0.25, 0.3) is 209 Å². The highest BCUT2D eigenvalue weighted by molar-refractivity contribution is 9.11. The second-order valence-corrected chi connectivity index (χ2v) is 37.0. The van der Waals surface area contributed by atoms with Crippen molar-refractivity contribution < 1.29 is 20.1 Å². The molecule has 0 aliphatic heterocycles. The van der Waals surface area contributed by atoms with Gasteiger partial charge in [0.1, 0.15) is 0 Å². The SMILES string of the molecule is Brc1cc(-c2ccccc2)c2cc(-c3ccc4ccccc4c3)cc(-c3ccccc3)c2c1.Brc1cc(-c2ccccc2)c2cc(Br)cc(-c3ccccc3)c2c1.OB(O)c1ccc(-c2ccc3ccccc3c2)cc1.OB(O)c1ccc2ccccc2c1.c1ccc(-c2cc(-c3ccc4ccccc4c3)cc3c(-c4ccccc4)cc(-c4ccc(-c5ccc6ccccc6c5)cc4)cc23)cc1. The Bertz CT molecular complexity index is 8380. The fraction of sp³-hybridized carbons (Fsp3) is 0. The molecular weight excluding hydrogens is 1860 g/mol. The van der Waals surface area contributed by atoms with E-state index >= 15 is 0 Å². The quantitative estimate of drug-likeness (QED) is 0.0867. The first-order valence-electron chi connectivity index (χ1n) is 45.8. The maximum absolute atomic E-state index is 9.08. The number of halogens is 3. The summed E-state index contributed by atoms with van der Waals surface area (Å²) in [5, 5.41) is 55.6. The molecule has 0 spiro atoms. The zero-order chi connectivity index (χ0) is 93.1. The van der Waals surface area contributed by atoms with E-state index in [0.717, 1.165) is 35.3 Å². The van der Waals surface area contributed by atoms with Crippen molar-refractivity contribution in [3.8, 4) is 122 Å². The van der Waals surface area contributed by atoms with E-state index in [-0.39, 0.29) is 0 Å². The Hall–Kier alpha value is -15.2. The Morgan fingerprint density at radius 1 is 0.124 bits per heavy atom. The van der Waals surface area contributed by atoms with Crippen LogP contribution in [0.2, 0.25) is 0 Å². The Balaban J connectivity index is 0.000000113. The van der Waals surface area contributed by atoms with Crippen molar-refractivity contribution in [2.24, 2.45) is 0 Å². The van der Waals surface area contributed by atoms with Gasteiger partial charge in [0, 0.05) is 13.4 Å². The molecular formula is C128H89B2Br3O4. The summed E-state index contributed by atoms with van der Waals surface area (Å²) >= 11 is 11.2. The van der Waals surface area contributed by atoms with Crippen LogP contribution in [-0.4, -0.2) is 34.3 Å². The van der Waals surface area contributed by atoms with Crippen LogP contribution < -0.4 is 10.9 Å². The molecule has 137 heavy (non-hydrogen) atoms. The summed E-state index contributed by atoms with van der Waals surface area (Å²) < 4.78 is 3.27. The van der Waals surface area contributed by atoms with Crippen LogP contribution in [0.15, 0.2) is 529 Å². The van der Waals surface area contributed by atoms with Gasteiger partial charge in [0.05, 0.1) is 0 Å². The lowest BCUT2D eigenvalue weighted by Gasteiger charge is -2.17. The van der Waals surface area contributed by atoms with Crippen molar-refractivity contribution >= 4 is 159 Å². The van der Waals surface area contributed by atoms with E-state index < -0.39 is 14.2 Å². The van der Waals surface area contributed by atoms with Crippen LogP contribution >= 0.6 is 47.8 Å². The van der Waals surface area contributed by atoms with Gasteiger partial charge in [-0.05, 0) is 317 Å². The lowest BCUT2D eigenvalue weighted by molar-refractivity contribution is 0.424. The van der Waals surface area contributed by atoms with E-state index in [1.54, 1.807) is 24.3 Å². The maximum Gasteiger partial charge on any atom is 0.488 e. The second-order valence-electron chi connectivity index (χ2n) is 34.2. The van der Waals surface area contributed by atoms with Gasteiger partial charge in [0.2, 0.25) is 0 Å². The fourth-order valence-electron chi connectivity index (χ4n) is 18.5. The van der Waals surface area contributed by atoms with Crippen LogP contribution in [-0.2, 0) is 0 Å². The van der Waals surface area contributed by atoms with E-state index in [2.05, 4.69) is 485 Å². The number of hydrogen-bond acceptors (Lipinski definition) is 4. The zero-order valence-corrected chi connectivity index (χ0v) is 79.4. The van der Waals surface area contributed by atoms with E-state index in [4.69, 9.17) is 20.1 Å². The molecule has 0 radical (unpaired) electrons. The van der Waals surface area contributed by atoms with E-state index in [1.165, 1.54) is 187 Å². The summed E-state index contributed by atoms with van der Waals surface area (Å²) in [7, 11) is -2.80. The summed E-state index contributed by atoms with van der Waals surface area (Å²) in [5.41, 5.74) is 27.7. The third-order valence-electron chi connectivity index (χ3n) is 25.4. The molecule has 0 unspecified atom stereocenters. The van der Waals surface area contributed by atoms with Crippen LogP contribution in [0, 0.1) is 0 Å². The molecule has 4 N–H and O–H groups in total. The monoisotopic (exact) mass is 1950 g/mol. The lowest BCUT2D eigenvalue weighted by atomic mass is 9.79. The Morgan fingerprint density at radius 3 is 0.569 bits per heavy atom. The average Bonchev–Trinajstić information content (AvgIpc) is 0.751. The third-order valence-corrected chi connectivity index (χ3v) is 26.8. The first kappa shape index (κ1) is 89.6. The molecule has 24 aromatic carbocycles. The first-order chi connectivity index (χ1) is 67.3. The first-order valence-corrected chi connectivity index (χ1v) is 48.2. The van der Waals surface area contributed by atoms with Crippen molar-refractivity contribution in [3.05, 3.63) is 529 Å². The molecule has 24 aromatic rings. The summed E-state index contributed by atoms with van der Waals surface area (Å²) in [4.78, 5) is 0. The largest absolute Gasteiger partial charge is 0.488 e. The highest BCUT2D eigenvalue weighted by atomic mass is 79.9. The van der Waals surface area contributed by atoms with Crippen LogP contribution in [0.1, 0.15) is 0 Å². The summed E-state index contributed by atoms with van der Waals surface area (Å²) in [6, 6.07) is 182. The van der Waals surface area contributed by atoms with Crippen molar-refractivity contribution in [2.75, 3.05) is 0 Å². The molecule has 0 saturated heterocycles. The summed E-state index contributed by atoms with van der Waals surface area (Å²) in [5.74, 6) is 0. The van der Waals surface area contributed by atoms with Gasteiger partial charge in [0.15, 0.2) is 0 Å². The minimum absolute atomic E-state index is 0.504. The van der Waals surface area contributed by atoms with Crippen LogP contribution in [0.5, 0.6) is 0 Å². The second kappa shape index (κ2) is 41.3. The normalized spacial score (nSPS) is 11.0. The van der Waals surface area contributed by atoms with Gasteiger partial charge in [-0.15, -0.1) is 0 Å². The predicted molar refractivity (Wildman–Crippen MR) is 595 cm³/mol. The van der Waals surface area contributed by atoms with E-state index in [9.17, 15) is 0 Å². The molecule has 0 saturated carbocycles. The van der Waals surface area contributed by atoms with Gasteiger partial charge >= 0.3 is 14.2 Å². The number of hydrogen-bond donors (Lipinski definition) is 4. The van der Waals surface area contributed by atoms with Crippen molar-refractivity contribution in [2.45, 2.75) is 0 Å². The molecule has 24 rings (SSSR count). The molecule has 652 valence electrons. The summed E-state index contributed by atoms with van der Waals surface area (Å²) in [6.07, 6.45) is 0. The van der Waals surface area contributed by atoms with Crippen LogP contribution in [0.4, 0.5) is 0 Å². The van der Waals surface area contributed by atoms with Crippen molar-refractivity contribution in [1.29, 1.82) is 0 Å². The summed E-state index contributed by atoms with van der Waals surface area (Å²) in [6.45, 7) is 0. The zero-order valence-electron chi connectivity index (χ0n) is 74.7. The van der Waals surface area contributed by atoms with E-state index in [1.807, 2.05) is 54.6 Å². The minimum Gasteiger partial charge on any atom is -0.423 e. The molecule has 4 nitrogen and oxygen atoms in total. The Morgan fingerprint density at radius 2 is 0.307 bits per heavy atom. The van der Waals surface area contributed by atoms with Crippen molar-refractivity contribution in [1.82, 2.24) is 0 Å². The molecule has 9 heteroatoms. The van der Waals surface area contributed by atoms with Crippen molar-refractivity contribution in [3.63, 3.8) is 0 Å². The van der Waals surface area contributed by atoms with Gasteiger partial charge < -0.3 is 20.1 Å². The smallest absolute Gasteiger partial charge is 0.423 e. The Kier molecular flexibility index (Phi) is 27.0. The number of rotatable bonds is 13. The van der Waals surface area contributed by atoms with Gasteiger partial charge in [-0.25, -0.2) is 0 Å². The lowest BCUT2D eigenvalue weighted by Crippen LogP contribution is -2.29. The highest BCUT2D eigenvalue weighted by Gasteiger charge is 2.21. The van der Waals surface area contributed by atoms with Gasteiger partial charge in [0.25, 0.3) is 0 Å². The number of benzene rings is 24. The molecule has 0 fully saturated rings. The molecule has 0 aromatic heterocycles. The molecule has 0 aliphatic rings. The van der Waals surface area contributed by atoms with Gasteiger partial charge in [-0.2, -0.15) is 0 Å². The van der Waals surface area contributed by atoms with E-state index in [0.29, 0.717) is 10.9 Å². The molecule has 0 heterocycles. The fourth-order valence-corrected chi connectivity index (χ4v) is 19.8. The predicted octanol–water partition coefficient (Wildman–Crippen LogP) is 33.6. The van der Waals surface area contributed by atoms with Gasteiger partial charge in [-0.3, -0.25) is 0 Å². The van der Waals surface area contributed by atoms with Gasteiger partial charge in [-0.1, -0.05) is 466 Å². The molecule has 0 atom stereocenters. The minimum atomic E-state index is -1.41. The highest BCUT2D eigenvalue weighted by Crippen LogP contribution is 2.46. The maximum atomic E-state index is 9.08. The Labute approximate surface area is 823 Å².